The molecule has 2 amide bonds. The smallest absolute Gasteiger partial charge is 0.319 e. The summed E-state index contributed by atoms with van der Waals surface area (Å²) in [4.78, 5) is 17.6. The van der Waals surface area contributed by atoms with Gasteiger partial charge in [-0.1, -0.05) is 18.2 Å². The van der Waals surface area contributed by atoms with Gasteiger partial charge in [-0.3, -0.25) is 5.10 Å². The van der Waals surface area contributed by atoms with Gasteiger partial charge in [0, 0.05) is 37.3 Å². The van der Waals surface area contributed by atoms with Gasteiger partial charge in [-0.05, 0) is 49.2 Å². The highest BCUT2D eigenvalue weighted by molar-refractivity contribution is 6.00. The Labute approximate surface area is 170 Å². The summed E-state index contributed by atoms with van der Waals surface area (Å²) in [5.74, 6) is 0. The summed E-state index contributed by atoms with van der Waals surface area (Å²) < 4.78 is 0. The molecule has 2 heterocycles. The van der Waals surface area contributed by atoms with E-state index in [0.29, 0.717) is 0 Å². The maximum absolute atomic E-state index is 12.7. The third kappa shape index (κ3) is 3.42. The second-order valence-corrected chi connectivity index (χ2v) is 7.96. The number of nitrogens with zero attached hydrogens (tertiary/aromatic N) is 3. The topological polar surface area (TPSA) is 76.3 Å². The van der Waals surface area contributed by atoms with E-state index in [4.69, 9.17) is 0 Å². The van der Waals surface area contributed by atoms with Gasteiger partial charge in [0.2, 0.25) is 0 Å². The molecule has 7 heteroatoms. The van der Waals surface area contributed by atoms with E-state index in [0.717, 1.165) is 55.6 Å². The van der Waals surface area contributed by atoms with Gasteiger partial charge in [0.15, 0.2) is 0 Å². The Balaban J connectivity index is 1.31. The Morgan fingerprint density at radius 2 is 1.97 bits per heavy atom. The SMILES string of the molecule is CN1CCN(c2cccc3c2CCC3NC(=O)Nc2cccc3[nH]ncc23)CC1. The number of aromatic amines is 1. The van der Waals surface area contributed by atoms with Crippen LogP contribution in [0.1, 0.15) is 23.6 Å². The number of fused-ring (bicyclic) bond motifs is 2. The lowest BCUT2D eigenvalue weighted by molar-refractivity contribution is 0.248. The van der Waals surface area contributed by atoms with Crippen molar-refractivity contribution in [3.8, 4) is 0 Å². The van der Waals surface area contributed by atoms with E-state index >= 15 is 0 Å². The molecule has 0 saturated carbocycles. The average molecular weight is 390 g/mol. The number of rotatable bonds is 3. The molecule has 1 unspecified atom stereocenters. The molecule has 3 N–H and O–H groups in total. The largest absolute Gasteiger partial charge is 0.369 e. The first-order chi connectivity index (χ1) is 14.2. The highest BCUT2D eigenvalue weighted by atomic mass is 16.2. The summed E-state index contributed by atoms with van der Waals surface area (Å²) in [6.45, 7) is 4.29. The molecule has 0 spiro atoms. The molecule has 3 aromatic rings. The maximum atomic E-state index is 12.7. The van der Waals surface area contributed by atoms with Crippen molar-refractivity contribution in [1.82, 2.24) is 20.4 Å². The van der Waals surface area contributed by atoms with E-state index in [1.165, 1.54) is 16.8 Å². The van der Waals surface area contributed by atoms with E-state index in [1.807, 2.05) is 18.2 Å². The summed E-state index contributed by atoms with van der Waals surface area (Å²) in [6.07, 6.45) is 3.67. The highest BCUT2D eigenvalue weighted by Gasteiger charge is 2.28. The number of carbonyl (C=O) groups is 1. The van der Waals surface area contributed by atoms with Gasteiger partial charge in [-0.2, -0.15) is 5.10 Å². The maximum Gasteiger partial charge on any atom is 0.319 e. The van der Waals surface area contributed by atoms with E-state index in [9.17, 15) is 4.79 Å². The fourth-order valence-electron chi connectivity index (χ4n) is 4.52. The number of nitrogens with one attached hydrogen (secondary N) is 3. The Kier molecular flexibility index (Phi) is 4.60. The highest BCUT2D eigenvalue weighted by Crippen LogP contribution is 2.37. The molecule has 0 radical (unpaired) electrons. The van der Waals surface area contributed by atoms with Crippen LogP contribution in [0.15, 0.2) is 42.6 Å². The number of urea groups is 1. The second kappa shape index (κ2) is 7.40. The van der Waals surface area contributed by atoms with Crippen molar-refractivity contribution in [2.75, 3.05) is 43.4 Å². The van der Waals surface area contributed by atoms with Crippen LogP contribution in [0.5, 0.6) is 0 Å². The van der Waals surface area contributed by atoms with E-state index < -0.39 is 0 Å². The number of hydrogen-bond donors (Lipinski definition) is 3. The van der Waals surface area contributed by atoms with Crippen molar-refractivity contribution in [2.24, 2.45) is 0 Å². The molecular weight excluding hydrogens is 364 g/mol. The van der Waals surface area contributed by atoms with Crippen molar-refractivity contribution in [3.05, 3.63) is 53.7 Å². The zero-order valence-corrected chi connectivity index (χ0v) is 16.6. The lowest BCUT2D eigenvalue weighted by atomic mass is 10.0. The van der Waals surface area contributed by atoms with Crippen LogP contribution in [-0.2, 0) is 6.42 Å². The van der Waals surface area contributed by atoms with Gasteiger partial charge >= 0.3 is 6.03 Å². The molecule has 1 fully saturated rings. The molecule has 1 aromatic heterocycles. The molecule has 29 heavy (non-hydrogen) atoms. The van der Waals surface area contributed by atoms with Crippen LogP contribution in [0.25, 0.3) is 10.9 Å². The molecule has 1 saturated heterocycles. The number of likely N-dealkylation sites (N-methyl/N-ethyl adjacent to an activating group) is 1. The van der Waals surface area contributed by atoms with Crippen molar-refractivity contribution >= 4 is 28.3 Å². The number of anilines is 2. The fourth-order valence-corrected chi connectivity index (χ4v) is 4.52. The number of H-pyrrole nitrogens is 1. The molecule has 7 nitrogen and oxygen atoms in total. The fraction of sp³-hybridized carbons (Fsp3) is 0.364. The first-order valence-corrected chi connectivity index (χ1v) is 10.2. The van der Waals surface area contributed by atoms with E-state index in [2.05, 4.69) is 55.9 Å². The predicted molar refractivity (Wildman–Crippen MR) is 115 cm³/mol. The third-order valence-electron chi connectivity index (χ3n) is 6.13. The summed E-state index contributed by atoms with van der Waals surface area (Å²) in [5.41, 5.74) is 5.64. The van der Waals surface area contributed by atoms with E-state index in [-0.39, 0.29) is 12.1 Å². The minimum absolute atomic E-state index is 0.0426. The molecule has 1 aliphatic carbocycles. The lowest BCUT2D eigenvalue weighted by Gasteiger charge is -2.35. The minimum atomic E-state index is -0.179. The third-order valence-corrected chi connectivity index (χ3v) is 6.13. The molecular formula is C22H26N6O. The molecule has 2 aliphatic rings. The van der Waals surface area contributed by atoms with Gasteiger partial charge in [-0.25, -0.2) is 4.79 Å². The summed E-state index contributed by atoms with van der Waals surface area (Å²) >= 11 is 0. The van der Waals surface area contributed by atoms with Crippen LogP contribution in [0.3, 0.4) is 0 Å². The first-order valence-electron chi connectivity index (χ1n) is 10.2. The number of hydrogen-bond acceptors (Lipinski definition) is 4. The van der Waals surface area contributed by atoms with E-state index in [1.54, 1.807) is 6.20 Å². The molecule has 1 atom stereocenters. The number of amides is 2. The van der Waals surface area contributed by atoms with Gasteiger partial charge in [0.05, 0.1) is 23.4 Å². The number of piperazine rings is 1. The minimum Gasteiger partial charge on any atom is -0.369 e. The molecule has 0 bridgehead atoms. The van der Waals surface area contributed by atoms with Gasteiger partial charge in [0.1, 0.15) is 0 Å². The molecule has 5 rings (SSSR count). The van der Waals surface area contributed by atoms with Crippen molar-refractivity contribution in [1.29, 1.82) is 0 Å². The second-order valence-electron chi connectivity index (χ2n) is 7.96. The zero-order chi connectivity index (χ0) is 19.8. The van der Waals surface area contributed by atoms with Gasteiger partial charge < -0.3 is 20.4 Å². The average Bonchev–Trinajstić information content (AvgIpc) is 3.36. The summed E-state index contributed by atoms with van der Waals surface area (Å²) in [7, 11) is 2.18. The van der Waals surface area contributed by atoms with Gasteiger partial charge in [-0.15, -0.1) is 0 Å². The first kappa shape index (κ1) is 18.0. The molecule has 150 valence electrons. The monoisotopic (exact) mass is 390 g/mol. The van der Waals surface area contributed by atoms with Crippen LogP contribution in [0.2, 0.25) is 0 Å². The Hall–Kier alpha value is -3.06. The van der Waals surface area contributed by atoms with Crippen molar-refractivity contribution < 1.29 is 4.79 Å². The van der Waals surface area contributed by atoms with Gasteiger partial charge in [0.25, 0.3) is 0 Å². The van der Waals surface area contributed by atoms with Crippen molar-refractivity contribution in [2.45, 2.75) is 18.9 Å². The normalized spacial score (nSPS) is 19.3. The summed E-state index contributed by atoms with van der Waals surface area (Å²) in [5, 5.41) is 14.1. The van der Waals surface area contributed by atoms with Crippen LogP contribution >= 0.6 is 0 Å². The van der Waals surface area contributed by atoms with Crippen LogP contribution in [0, 0.1) is 0 Å². The lowest BCUT2D eigenvalue weighted by Crippen LogP contribution is -2.44. The number of aromatic nitrogens is 2. The predicted octanol–water partition coefficient (Wildman–Crippen LogP) is 3.12. The summed E-state index contributed by atoms with van der Waals surface area (Å²) in [6, 6.07) is 12.1. The van der Waals surface area contributed by atoms with Crippen molar-refractivity contribution in [3.63, 3.8) is 0 Å². The zero-order valence-electron chi connectivity index (χ0n) is 16.6. The number of carbonyl (C=O) groups excluding carboxylic acids is 1. The quantitative estimate of drug-likeness (QED) is 0.642. The Morgan fingerprint density at radius 3 is 2.83 bits per heavy atom. The Morgan fingerprint density at radius 1 is 1.14 bits per heavy atom. The number of benzene rings is 2. The Bertz CT molecular complexity index is 1040. The molecule has 2 aromatic carbocycles. The molecule has 1 aliphatic heterocycles. The van der Waals surface area contributed by atoms with Crippen LogP contribution < -0.4 is 15.5 Å². The van der Waals surface area contributed by atoms with Crippen LogP contribution in [-0.4, -0.2) is 54.4 Å². The van der Waals surface area contributed by atoms with Crippen LogP contribution in [0.4, 0.5) is 16.2 Å². The standard InChI is InChI=1S/C22H26N6O/c1-27-10-12-28(13-11-27)21-7-2-4-15-16(21)8-9-19(15)25-22(29)24-18-5-3-6-20-17(18)14-23-26-20/h2-7,14,19H,8-13H2,1H3,(H,23,26)(H2,24,25,29).